The molecule has 1 heterocycles. The summed E-state index contributed by atoms with van der Waals surface area (Å²) in [5.41, 5.74) is 2.76. The molecule has 1 aromatic rings. The van der Waals surface area contributed by atoms with Crippen LogP contribution >= 0.6 is 11.9 Å². The fourth-order valence-electron chi connectivity index (χ4n) is 1.66. The predicted molar refractivity (Wildman–Crippen MR) is 66.2 cm³/mol. The highest BCUT2D eigenvalue weighted by atomic mass is 32.2. The van der Waals surface area contributed by atoms with Crippen molar-refractivity contribution in [1.82, 2.24) is 9.62 Å². The van der Waals surface area contributed by atoms with Gasteiger partial charge in [-0.05, 0) is 49.1 Å². The van der Waals surface area contributed by atoms with Gasteiger partial charge in [-0.2, -0.15) is 0 Å². The summed E-state index contributed by atoms with van der Waals surface area (Å²) in [6.07, 6.45) is 0. The number of benzene rings is 1. The standard InChI is InChI=1S/C12H18N2S/c1-10-3-4-12(9-11(10)2)15-14-7-5-13-6-8-14/h3-4,9,13H,5-8H2,1-2H3. The van der Waals surface area contributed by atoms with Gasteiger partial charge in [-0.1, -0.05) is 6.07 Å². The van der Waals surface area contributed by atoms with Crippen LogP contribution in [0.25, 0.3) is 0 Å². The number of nitrogens with one attached hydrogen (secondary N) is 1. The number of hydrogen-bond donors (Lipinski definition) is 1. The van der Waals surface area contributed by atoms with Crippen LogP contribution in [0.3, 0.4) is 0 Å². The van der Waals surface area contributed by atoms with Gasteiger partial charge in [0.15, 0.2) is 0 Å². The van der Waals surface area contributed by atoms with Crippen molar-refractivity contribution in [3.63, 3.8) is 0 Å². The Bertz CT molecular complexity index is 332. The molecule has 0 bridgehead atoms. The normalized spacial score (nSPS) is 18.0. The molecule has 2 rings (SSSR count). The molecule has 0 saturated carbocycles. The smallest absolute Gasteiger partial charge is 0.0233 e. The van der Waals surface area contributed by atoms with Crippen molar-refractivity contribution in [2.75, 3.05) is 26.2 Å². The van der Waals surface area contributed by atoms with Crippen molar-refractivity contribution in [3.8, 4) is 0 Å². The van der Waals surface area contributed by atoms with Gasteiger partial charge < -0.3 is 5.32 Å². The fourth-order valence-corrected chi connectivity index (χ4v) is 2.68. The fraction of sp³-hybridized carbons (Fsp3) is 0.500. The number of nitrogens with zero attached hydrogens (tertiary/aromatic N) is 1. The lowest BCUT2D eigenvalue weighted by Crippen LogP contribution is -2.39. The molecule has 0 aromatic heterocycles. The van der Waals surface area contributed by atoms with Crippen LogP contribution in [0.4, 0.5) is 0 Å². The summed E-state index contributed by atoms with van der Waals surface area (Å²) in [6, 6.07) is 6.71. The SMILES string of the molecule is Cc1ccc(SN2CCNCC2)cc1C. The van der Waals surface area contributed by atoms with E-state index in [2.05, 4.69) is 41.7 Å². The molecule has 15 heavy (non-hydrogen) atoms. The van der Waals surface area contributed by atoms with Crippen molar-refractivity contribution >= 4 is 11.9 Å². The number of aryl methyl sites for hydroxylation is 2. The molecule has 1 saturated heterocycles. The Morgan fingerprint density at radius 2 is 1.87 bits per heavy atom. The molecule has 2 nitrogen and oxygen atoms in total. The summed E-state index contributed by atoms with van der Waals surface area (Å²) >= 11 is 1.88. The Morgan fingerprint density at radius 1 is 1.13 bits per heavy atom. The van der Waals surface area contributed by atoms with Crippen molar-refractivity contribution in [1.29, 1.82) is 0 Å². The zero-order valence-corrected chi connectivity index (χ0v) is 10.2. The third kappa shape index (κ3) is 2.97. The van der Waals surface area contributed by atoms with Crippen LogP contribution in [0.2, 0.25) is 0 Å². The second-order valence-electron chi connectivity index (χ2n) is 4.02. The van der Waals surface area contributed by atoms with E-state index in [9.17, 15) is 0 Å². The number of rotatable bonds is 2. The van der Waals surface area contributed by atoms with Crippen LogP contribution in [0.15, 0.2) is 23.1 Å². The maximum absolute atomic E-state index is 3.37. The van der Waals surface area contributed by atoms with E-state index in [1.54, 1.807) is 0 Å². The summed E-state index contributed by atoms with van der Waals surface area (Å²) in [6.45, 7) is 8.83. The van der Waals surface area contributed by atoms with Crippen LogP contribution < -0.4 is 5.32 Å². The molecule has 0 aliphatic carbocycles. The average Bonchev–Trinajstić information content (AvgIpc) is 2.25. The van der Waals surface area contributed by atoms with E-state index in [0.717, 1.165) is 26.2 Å². The second-order valence-corrected chi connectivity index (χ2v) is 5.19. The van der Waals surface area contributed by atoms with Gasteiger partial charge in [0.05, 0.1) is 0 Å². The lowest BCUT2D eigenvalue weighted by molar-refractivity contribution is 0.396. The molecule has 0 radical (unpaired) electrons. The minimum atomic E-state index is 1.11. The Kier molecular flexibility index (Phi) is 3.67. The molecule has 1 aliphatic rings. The Morgan fingerprint density at radius 3 is 2.53 bits per heavy atom. The van der Waals surface area contributed by atoms with Crippen molar-refractivity contribution in [2.45, 2.75) is 18.7 Å². The third-order valence-corrected chi connectivity index (χ3v) is 3.88. The van der Waals surface area contributed by atoms with Gasteiger partial charge in [0.25, 0.3) is 0 Å². The maximum Gasteiger partial charge on any atom is 0.0233 e. The Balaban J connectivity index is 2.00. The first-order valence-electron chi connectivity index (χ1n) is 5.46. The average molecular weight is 222 g/mol. The third-order valence-electron chi connectivity index (χ3n) is 2.79. The Labute approximate surface area is 96.2 Å². The van der Waals surface area contributed by atoms with Gasteiger partial charge in [0.1, 0.15) is 0 Å². The van der Waals surface area contributed by atoms with E-state index in [-0.39, 0.29) is 0 Å². The lowest BCUT2D eigenvalue weighted by atomic mass is 10.1. The molecule has 3 heteroatoms. The molecule has 0 spiro atoms. The van der Waals surface area contributed by atoms with Crippen molar-refractivity contribution < 1.29 is 0 Å². The molecule has 1 aromatic carbocycles. The van der Waals surface area contributed by atoms with E-state index >= 15 is 0 Å². The van der Waals surface area contributed by atoms with Crippen molar-refractivity contribution in [2.24, 2.45) is 0 Å². The van der Waals surface area contributed by atoms with Gasteiger partial charge >= 0.3 is 0 Å². The molecule has 1 N–H and O–H groups in total. The second kappa shape index (κ2) is 5.01. The minimum Gasteiger partial charge on any atom is -0.314 e. The largest absolute Gasteiger partial charge is 0.314 e. The zero-order chi connectivity index (χ0) is 10.7. The van der Waals surface area contributed by atoms with Crippen molar-refractivity contribution in [3.05, 3.63) is 29.3 Å². The molecular formula is C12H18N2S. The summed E-state index contributed by atoms with van der Waals surface area (Å²) in [5, 5.41) is 3.37. The summed E-state index contributed by atoms with van der Waals surface area (Å²) in [4.78, 5) is 1.36. The van der Waals surface area contributed by atoms with Gasteiger partial charge in [-0.15, -0.1) is 0 Å². The highest BCUT2D eigenvalue weighted by Crippen LogP contribution is 2.24. The van der Waals surface area contributed by atoms with Crippen LogP contribution in [-0.4, -0.2) is 30.5 Å². The first-order chi connectivity index (χ1) is 7.25. The van der Waals surface area contributed by atoms with Gasteiger partial charge in [-0.25, -0.2) is 4.31 Å². The van der Waals surface area contributed by atoms with E-state index in [1.165, 1.54) is 16.0 Å². The molecule has 82 valence electrons. The summed E-state index contributed by atoms with van der Waals surface area (Å²) < 4.78 is 2.43. The highest BCUT2D eigenvalue weighted by molar-refractivity contribution is 7.97. The molecule has 1 aliphatic heterocycles. The van der Waals surface area contributed by atoms with Crippen LogP contribution in [-0.2, 0) is 0 Å². The zero-order valence-electron chi connectivity index (χ0n) is 9.42. The summed E-state index contributed by atoms with van der Waals surface area (Å²) in [7, 11) is 0. The van der Waals surface area contributed by atoms with E-state index in [1.807, 2.05) is 11.9 Å². The maximum atomic E-state index is 3.37. The summed E-state index contributed by atoms with van der Waals surface area (Å²) in [5.74, 6) is 0. The van der Waals surface area contributed by atoms with Crippen LogP contribution in [0.1, 0.15) is 11.1 Å². The molecule has 0 unspecified atom stereocenters. The topological polar surface area (TPSA) is 15.3 Å². The van der Waals surface area contributed by atoms with E-state index in [0.29, 0.717) is 0 Å². The lowest BCUT2D eigenvalue weighted by Gasteiger charge is -2.26. The first-order valence-corrected chi connectivity index (χ1v) is 6.24. The van der Waals surface area contributed by atoms with E-state index < -0.39 is 0 Å². The van der Waals surface area contributed by atoms with Gasteiger partial charge in [-0.3, -0.25) is 0 Å². The Hall–Kier alpha value is -0.510. The van der Waals surface area contributed by atoms with Gasteiger partial charge in [0.2, 0.25) is 0 Å². The molecule has 0 atom stereocenters. The molecule has 1 fully saturated rings. The minimum absolute atomic E-state index is 1.11. The van der Waals surface area contributed by atoms with Crippen LogP contribution in [0.5, 0.6) is 0 Å². The first kappa shape index (κ1) is 11.0. The highest BCUT2D eigenvalue weighted by Gasteiger charge is 2.10. The monoisotopic (exact) mass is 222 g/mol. The predicted octanol–water partition coefficient (Wildman–Crippen LogP) is 2.22. The van der Waals surface area contributed by atoms with Crippen LogP contribution in [0, 0.1) is 13.8 Å². The quantitative estimate of drug-likeness (QED) is 0.772. The molecule has 0 amide bonds. The number of piperazine rings is 1. The number of hydrogen-bond acceptors (Lipinski definition) is 3. The molecular weight excluding hydrogens is 204 g/mol. The van der Waals surface area contributed by atoms with E-state index in [4.69, 9.17) is 0 Å². The van der Waals surface area contributed by atoms with Gasteiger partial charge in [0, 0.05) is 31.1 Å².